The second-order valence-electron chi connectivity index (χ2n) is 7.94. The van der Waals surface area contributed by atoms with E-state index in [1.54, 1.807) is 23.1 Å². The number of carboxylic acids is 1. The molecular formula is C25H23Cl2NO3S. The number of carbonyl (C=O) groups excluding carboxylic acids is 1. The van der Waals surface area contributed by atoms with Crippen LogP contribution in [0, 0.1) is 0 Å². The number of thiophene rings is 1. The van der Waals surface area contributed by atoms with Crippen molar-refractivity contribution in [2.24, 2.45) is 0 Å². The van der Waals surface area contributed by atoms with Gasteiger partial charge in [-0.15, -0.1) is 11.3 Å². The molecule has 32 heavy (non-hydrogen) atoms. The van der Waals surface area contributed by atoms with Crippen LogP contribution in [0.2, 0.25) is 10.0 Å². The molecule has 1 aromatic heterocycles. The molecule has 0 unspecified atom stereocenters. The predicted octanol–water partition coefficient (Wildman–Crippen LogP) is 7.79. The molecule has 0 spiro atoms. The highest BCUT2D eigenvalue weighted by Gasteiger charge is 2.33. The second-order valence-corrected chi connectivity index (χ2v) is 9.84. The van der Waals surface area contributed by atoms with Crippen LogP contribution in [-0.2, 0) is 0 Å². The predicted molar refractivity (Wildman–Crippen MR) is 131 cm³/mol. The molecule has 1 saturated carbocycles. The van der Waals surface area contributed by atoms with E-state index in [-0.39, 0.29) is 21.8 Å². The highest BCUT2D eigenvalue weighted by Crippen LogP contribution is 2.40. The molecule has 1 aliphatic carbocycles. The number of amides is 1. The van der Waals surface area contributed by atoms with Gasteiger partial charge in [-0.05, 0) is 42.7 Å². The quantitative estimate of drug-likeness (QED) is 0.373. The molecule has 4 rings (SSSR count). The topological polar surface area (TPSA) is 57.6 Å². The number of rotatable bonds is 5. The minimum absolute atomic E-state index is 0.0898. The van der Waals surface area contributed by atoms with Gasteiger partial charge in [0.1, 0.15) is 4.88 Å². The number of halogens is 2. The molecule has 7 heteroatoms. The van der Waals surface area contributed by atoms with Crippen LogP contribution in [0.1, 0.15) is 58.6 Å². The summed E-state index contributed by atoms with van der Waals surface area (Å²) in [5.74, 6) is -1.33. The van der Waals surface area contributed by atoms with Crippen molar-refractivity contribution in [3.05, 3.63) is 75.1 Å². The Morgan fingerprint density at radius 1 is 0.938 bits per heavy atom. The van der Waals surface area contributed by atoms with Crippen molar-refractivity contribution in [3.8, 4) is 10.4 Å². The average molecular weight is 488 g/mol. The Kier molecular flexibility index (Phi) is 7.19. The summed E-state index contributed by atoms with van der Waals surface area (Å²) in [7, 11) is 0. The third-order valence-corrected chi connectivity index (χ3v) is 7.50. The molecule has 0 bridgehead atoms. The summed E-state index contributed by atoms with van der Waals surface area (Å²) in [6.45, 7) is 0. The van der Waals surface area contributed by atoms with Crippen LogP contribution in [0.5, 0.6) is 0 Å². The van der Waals surface area contributed by atoms with E-state index in [2.05, 4.69) is 0 Å². The lowest BCUT2D eigenvalue weighted by Crippen LogP contribution is -2.41. The number of carboxylic acid groups (broad SMARTS) is 1. The van der Waals surface area contributed by atoms with Gasteiger partial charge in [0, 0.05) is 15.9 Å². The molecule has 166 valence electrons. The van der Waals surface area contributed by atoms with E-state index in [0.29, 0.717) is 16.3 Å². The lowest BCUT2D eigenvalue weighted by molar-refractivity contribution is 0.0703. The molecule has 1 N–H and O–H groups in total. The third kappa shape index (κ3) is 4.85. The number of aromatic carboxylic acids is 1. The van der Waals surface area contributed by atoms with E-state index in [1.165, 1.54) is 11.3 Å². The number of hydrogen-bond acceptors (Lipinski definition) is 3. The summed E-state index contributed by atoms with van der Waals surface area (Å²) >= 11 is 13.6. The first-order valence-corrected chi connectivity index (χ1v) is 12.2. The maximum absolute atomic E-state index is 13.8. The minimum Gasteiger partial charge on any atom is -0.477 e. The van der Waals surface area contributed by atoms with Gasteiger partial charge in [-0.3, -0.25) is 4.79 Å². The van der Waals surface area contributed by atoms with Crippen LogP contribution >= 0.6 is 34.5 Å². The van der Waals surface area contributed by atoms with Crippen molar-refractivity contribution >= 4 is 52.1 Å². The van der Waals surface area contributed by atoms with Gasteiger partial charge in [-0.1, -0.05) is 79.2 Å². The van der Waals surface area contributed by atoms with Crippen LogP contribution in [0.3, 0.4) is 0 Å². The summed E-state index contributed by atoms with van der Waals surface area (Å²) in [4.78, 5) is 28.7. The van der Waals surface area contributed by atoms with Crippen LogP contribution in [0.4, 0.5) is 5.69 Å². The maximum atomic E-state index is 13.8. The lowest BCUT2D eigenvalue weighted by atomic mass is 10.0. The van der Waals surface area contributed by atoms with Crippen molar-refractivity contribution in [2.45, 2.75) is 44.6 Å². The Labute approximate surface area is 201 Å². The van der Waals surface area contributed by atoms with E-state index in [1.807, 2.05) is 36.4 Å². The van der Waals surface area contributed by atoms with Crippen LogP contribution < -0.4 is 4.90 Å². The fourth-order valence-corrected chi connectivity index (χ4v) is 5.72. The van der Waals surface area contributed by atoms with Gasteiger partial charge >= 0.3 is 5.97 Å². The van der Waals surface area contributed by atoms with Gasteiger partial charge < -0.3 is 10.0 Å². The normalized spacial score (nSPS) is 14.7. The Bertz CT molecular complexity index is 1120. The van der Waals surface area contributed by atoms with E-state index in [4.69, 9.17) is 23.2 Å². The molecule has 0 aliphatic heterocycles. The summed E-state index contributed by atoms with van der Waals surface area (Å²) in [5.41, 5.74) is 1.68. The molecule has 0 saturated heterocycles. The van der Waals surface area contributed by atoms with Gasteiger partial charge in [0.25, 0.3) is 5.91 Å². The lowest BCUT2D eigenvalue weighted by Gasteiger charge is -2.31. The van der Waals surface area contributed by atoms with Crippen molar-refractivity contribution in [2.75, 3.05) is 4.90 Å². The van der Waals surface area contributed by atoms with Gasteiger partial charge in [-0.2, -0.15) is 0 Å². The third-order valence-electron chi connectivity index (χ3n) is 5.79. The number of nitrogens with zero attached hydrogens (tertiary/aromatic N) is 1. The van der Waals surface area contributed by atoms with E-state index in [9.17, 15) is 14.7 Å². The summed E-state index contributed by atoms with van der Waals surface area (Å²) in [5, 5.41) is 10.7. The summed E-state index contributed by atoms with van der Waals surface area (Å²) < 4.78 is 0. The Hall–Kier alpha value is -2.34. The molecule has 4 nitrogen and oxygen atoms in total. The average Bonchev–Trinajstić information content (AvgIpc) is 3.04. The largest absolute Gasteiger partial charge is 0.477 e. The Balaban J connectivity index is 1.85. The van der Waals surface area contributed by atoms with Crippen molar-refractivity contribution in [3.63, 3.8) is 0 Å². The van der Waals surface area contributed by atoms with Gasteiger partial charge in [0.2, 0.25) is 0 Å². The SMILES string of the molecule is O=C(O)c1sc(-c2ccccc2)cc1N(C(=O)c1ccc(Cl)cc1Cl)C1CCCCCC1. The minimum atomic E-state index is -1.04. The van der Waals surface area contributed by atoms with Crippen LogP contribution in [0.15, 0.2) is 54.6 Å². The Morgan fingerprint density at radius 2 is 1.62 bits per heavy atom. The first kappa shape index (κ1) is 22.8. The van der Waals surface area contributed by atoms with Crippen LogP contribution in [0.25, 0.3) is 10.4 Å². The standard InChI is InChI=1S/C25H23Cl2NO3S/c26-17-12-13-19(20(27)14-17)24(29)28(18-10-6-1-2-7-11-18)21-15-22(32-23(21)25(30)31)16-8-4-3-5-9-16/h3-5,8-9,12-15,18H,1-2,6-7,10-11H2,(H,30,31). The molecule has 2 aromatic carbocycles. The van der Waals surface area contributed by atoms with Crippen molar-refractivity contribution in [1.29, 1.82) is 0 Å². The molecule has 0 radical (unpaired) electrons. The van der Waals surface area contributed by atoms with Gasteiger partial charge in [0.05, 0.1) is 16.3 Å². The molecule has 1 heterocycles. The fraction of sp³-hybridized carbons (Fsp3) is 0.280. The number of hydrogen-bond donors (Lipinski definition) is 1. The number of benzene rings is 2. The summed E-state index contributed by atoms with van der Waals surface area (Å²) in [6, 6.07) is 16.2. The molecule has 3 aromatic rings. The first-order chi connectivity index (χ1) is 15.5. The van der Waals surface area contributed by atoms with Gasteiger partial charge in [0.15, 0.2) is 0 Å². The fourth-order valence-electron chi connectivity index (χ4n) is 4.24. The highest BCUT2D eigenvalue weighted by molar-refractivity contribution is 7.18. The van der Waals surface area contributed by atoms with Crippen molar-refractivity contribution in [1.82, 2.24) is 0 Å². The van der Waals surface area contributed by atoms with E-state index < -0.39 is 5.97 Å². The molecule has 1 amide bonds. The van der Waals surface area contributed by atoms with E-state index in [0.717, 1.165) is 49.0 Å². The molecule has 1 aliphatic rings. The summed E-state index contributed by atoms with van der Waals surface area (Å²) in [6.07, 6.45) is 5.89. The zero-order valence-electron chi connectivity index (χ0n) is 17.4. The zero-order chi connectivity index (χ0) is 22.7. The second kappa shape index (κ2) is 10.1. The van der Waals surface area contributed by atoms with Gasteiger partial charge in [-0.25, -0.2) is 4.79 Å². The highest BCUT2D eigenvalue weighted by atomic mass is 35.5. The monoisotopic (exact) mass is 487 g/mol. The Morgan fingerprint density at radius 3 is 2.25 bits per heavy atom. The van der Waals surface area contributed by atoms with Crippen molar-refractivity contribution < 1.29 is 14.7 Å². The van der Waals surface area contributed by atoms with E-state index >= 15 is 0 Å². The first-order valence-electron chi connectivity index (χ1n) is 10.7. The molecule has 0 atom stereocenters. The smallest absolute Gasteiger partial charge is 0.348 e. The van der Waals surface area contributed by atoms with Crippen LogP contribution in [-0.4, -0.2) is 23.0 Å². The molecular weight excluding hydrogens is 465 g/mol. The molecule has 1 fully saturated rings. The zero-order valence-corrected chi connectivity index (χ0v) is 19.7. The maximum Gasteiger partial charge on any atom is 0.348 e. The number of anilines is 1. The number of carbonyl (C=O) groups is 2.